The van der Waals surface area contributed by atoms with Crippen molar-refractivity contribution < 1.29 is 9.59 Å². The van der Waals surface area contributed by atoms with Gasteiger partial charge < -0.3 is 10.2 Å². The van der Waals surface area contributed by atoms with Crippen LogP contribution < -0.4 is 5.32 Å². The van der Waals surface area contributed by atoms with Gasteiger partial charge >= 0.3 is 0 Å². The van der Waals surface area contributed by atoms with E-state index in [4.69, 9.17) is 0 Å². The molecular formula is C21H26N6O2. The molecule has 8 heteroatoms. The van der Waals surface area contributed by atoms with Crippen LogP contribution in [0.3, 0.4) is 0 Å². The number of aliphatic imine (C=N–C) groups is 1. The maximum Gasteiger partial charge on any atom is 0.261 e. The van der Waals surface area contributed by atoms with Crippen molar-refractivity contribution in [1.82, 2.24) is 24.9 Å². The summed E-state index contributed by atoms with van der Waals surface area (Å²) < 4.78 is 1.83. The molecule has 1 atom stereocenters. The number of aryl methyl sites for hydroxylation is 1. The fourth-order valence-electron chi connectivity index (χ4n) is 4.00. The lowest BCUT2D eigenvalue weighted by atomic mass is 10.0. The third kappa shape index (κ3) is 3.74. The summed E-state index contributed by atoms with van der Waals surface area (Å²) >= 11 is 0. The van der Waals surface area contributed by atoms with Gasteiger partial charge in [-0.2, -0.15) is 5.10 Å². The Bertz CT molecular complexity index is 915. The first-order chi connectivity index (χ1) is 14.1. The molecule has 152 valence electrons. The lowest BCUT2D eigenvalue weighted by molar-refractivity contribution is 0.0659. The first kappa shape index (κ1) is 19.2. The van der Waals surface area contributed by atoms with Crippen LogP contribution in [0.25, 0.3) is 0 Å². The van der Waals surface area contributed by atoms with Gasteiger partial charge in [-0.3, -0.25) is 24.2 Å². The average molecular weight is 394 g/mol. The van der Waals surface area contributed by atoms with Crippen LogP contribution in [0.5, 0.6) is 0 Å². The summed E-state index contributed by atoms with van der Waals surface area (Å²) in [7, 11) is 1.93. The van der Waals surface area contributed by atoms with E-state index in [0.717, 1.165) is 32.0 Å². The minimum absolute atomic E-state index is 0.233. The third-order valence-electron chi connectivity index (χ3n) is 5.48. The van der Waals surface area contributed by atoms with Crippen molar-refractivity contribution in [1.29, 1.82) is 0 Å². The number of nitrogens with zero attached hydrogens (tertiary/aromatic N) is 5. The Labute approximate surface area is 170 Å². The summed E-state index contributed by atoms with van der Waals surface area (Å²) in [6, 6.07) is 6.96. The Hall–Kier alpha value is -3.16. The van der Waals surface area contributed by atoms with Crippen LogP contribution in [0.4, 0.5) is 0 Å². The number of hydrogen-bond acceptors (Lipinski definition) is 4. The zero-order valence-corrected chi connectivity index (χ0v) is 16.8. The van der Waals surface area contributed by atoms with Gasteiger partial charge in [-0.25, -0.2) is 0 Å². The molecule has 2 aliphatic heterocycles. The van der Waals surface area contributed by atoms with E-state index < -0.39 is 0 Å². The molecule has 0 saturated carbocycles. The molecule has 8 nitrogen and oxygen atoms in total. The molecule has 1 unspecified atom stereocenters. The second kappa shape index (κ2) is 8.06. The molecule has 0 bridgehead atoms. The fourth-order valence-corrected chi connectivity index (χ4v) is 4.00. The van der Waals surface area contributed by atoms with Gasteiger partial charge in [0.2, 0.25) is 0 Å². The zero-order valence-electron chi connectivity index (χ0n) is 16.8. The molecule has 1 aromatic heterocycles. The highest BCUT2D eigenvalue weighted by Crippen LogP contribution is 2.27. The maximum absolute atomic E-state index is 12.5. The number of carbonyl (C=O) groups is 2. The molecule has 4 rings (SSSR count). The molecule has 0 aliphatic carbocycles. The number of amides is 2. The van der Waals surface area contributed by atoms with E-state index in [9.17, 15) is 9.59 Å². The summed E-state index contributed by atoms with van der Waals surface area (Å²) in [5.74, 6) is 0.798. The highest BCUT2D eigenvalue weighted by Gasteiger charge is 2.34. The number of rotatable bonds is 5. The first-order valence-corrected chi connectivity index (χ1v) is 10.1. The van der Waals surface area contributed by atoms with Crippen LogP contribution in [0, 0.1) is 0 Å². The Morgan fingerprint density at radius 3 is 2.59 bits per heavy atom. The Morgan fingerprint density at radius 1 is 1.24 bits per heavy atom. The molecule has 1 fully saturated rings. The molecule has 29 heavy (non-hydrogen) atoms. The van der Waals surface area contributed by atoms with E-state index in [2.05, 4.69) is 26.5 Å². The molecule has 2 aliphatic rings. The zero-order chi connectivity index (χ0) is 20.4. The van der Waals surface area contributed by atoms with Gasteiger partial charge in [-0.15, -0.1) is 0 Å². The average Bonchev–Trinajstić information content (AvgIpc) is 3.43. The van der Waals surface area contributed by atoms with Crippen LogP contribution in [-0.4, -0.2) is 70.1 Å². The minimum Gasteiger partial charge on any atom is -0.357 e. The Balaban J connectivity index is 1.40. The van der Waals surface area contributed by atoms with E-state index >= 15 is 0 Å². The van der Waals surface area contributed by atoms with Crippen molar-refractivity contribution >= 4 is 17.8 Å². The van der Waals surface area contributed by atoms with E-state index in [1.54, 1.807) is 24.3 Å². The Kier molecular flexibility index (Phi) is 5.33. The summed E-state index contributed by atoms with van der Waals surface area (Å²) in [4.78, 5) is 33.2. The molecule has 1 N–H and O–H groups in total. The number of likely N-dealkylation sites (tertiary alicyclic amines) is 1. The molecule has 1 saturated heterocycles. The van der Waals surface area contributed by atoms with E-state index in [0.29, 0.717) is 23.6 Å². The molecule has 2 aromatic rings. The summed E-state index contributed by atoms with van der Waals surface area (Å²) in [5.41, 5.74) is 2.20. The predicted octanol–water partition coefficient (Wildman–Crippen LogP) is 1.47. The summed E-state index contributed by atoms with van der Waals surface area (Å²) in [6.07, 6.45) is 5.05. The topological polar surface area (TPSA) is 82.8 Å². The highest BCUT2D eigenvalue weighted by atomic mass is 16.2. The number of guanidine groups is 1. The van der Waals surface area contributed by atoms with E-state index in [-0.39, 0.29) is 18.4 Å². The van der Waals surface area contributed by atoms with Gasteiger partial charge in [0.05, 0.1) is 23.9 Å². The van der Waals surface area contributed by atoms with Crippen molar-refractivity contribution in [2.24, 2.45) is 12.0 Å². The van der Waals surface area contributed by atoms with E-state index in [1.807, 2.05) is 24.9 Å². The number of aromatic nitrogens is 2. The number of benzene rings is 1. The van der Waals surface area contributed by atoms with Crippen molar-refractivity contribution in [3.8, 4) is 0 Å². The summed E-state index contributed by atoms with van der Waals surface area (Å²) in [5, 5.41) is 7.61. The molecule has 1 aromatic carbocycles. The first-order valence-electron chi connectivity index (χ1n) is 10.1. The number of hydrogen-bond donors (Lipinski definition) is 1. The Morgan fingerprint density at radius 2 is 1.97 bits per heavy atom. The second-order valence-electron chi connectivity index (χ2n) is 7.42. The monoisotopic (exact) mass is 394 g/mol. The van der Waals surface area contributed by atoms with Crippen LogP contribution >= 0.6 is 0 Å². The maximum atomic E-state index is 12.5. The van der Waals surface area contributed by atoms with Gasteiger partial charge in [-0.05, 0) is 31.0 Å². The number of imide groups is 1. The lowest BCUT2D eigenvalue weighted by Gasteiger charge is -2.22. The standard InChI is InChI=1S/C21H26N6O2/c1-3-22-21(26-10-8-15(14-26)16-12-24-25(2)13-16)23-9-11-27-19(28)17-6-4-5-7-18(17)20(27)29/h4-7,12-13,15H,3,8-11,14H2,1-2H3,(H,22,23). The van der Waals surface area contributed by atoms with Gasteiger partial charge in [0, 0.05) is 45.3 Å². The molecular weight excluding hydrogens is 368 g/mol. The number of fused-ring (bicyclic) bond motifs is 1. The van der Waals surface area contributed by atoms with Crippen molar-refractivity contribution in [3.63, 3.8) is 0 Å². The smallest absolute Gasteiger partial charge is 0.261 e. The SMILES string of the molecule is CCNC(=NCCN1C(=O)c2ccccc2C1=O)N1CCC(c2cnn(C)c2)C1. The number of carbonyl (C=O) groups excluding carboxylic acids is 2. The summed E-state index contributed by atoms with van der Waals surface area (Å²) in [6.45, 7) is 5.25. The molecule has 0 radical (unpaired) electrons. The third-order valence-corrected chi connectivity index (χ3v) is 5.48. The predicted molar refractivity (Wildman–Crippen MR) is 110 cm³/mol. The van der Waals surface area contributed by atoms with Gasteiger partial charge in [0.25, 0.3) is 11.8 Å². The van der Waals surface area contributed by atoms with Crippen LogP contribution in [0.15, 0.2) is 41.7 Å². The van der Waals surface area contributed by atoms with Crippen molar-refractivity contribution in [3.05, 3.63) is 53.3 Å². The van der Waals surface area contributed by atoms with Gasteiger partial charge in [-0.1, -0.05) is 12.1 Å². The quantitative estimate of drug-likeness (QED) is 0.472. The van der Waals surface area contributed by atoms with E-state index in [1.165, 1.54) is 10.5 Å². The van der Waals surface area contributed by atoms with Gasteiger partial charge in [0.15, 0.2) is 5.96 Å². The van der Waals surface area contributed by atoms with Crippen LogP contribution in [0.2, 0.25) is 0 Å². The van der Waals surface area contributed by atoms with Crippen LogP contribution in [-0.2, 0) is 7.05 Å². The molecule has 2 amide bonds. The highest BCUT2D eigenvalue weighted by molar-refractivity contribution is 6.21. The molecule has 3 heterocycles. The number of nitrogens with one attached hydrogen (secondary N) is 1. The van der Waals surface area contributed by atoms with Gasteiger partial charge in [0.1, 0.15) is 0 Å². The van der Waals surface area contributed by atoms with Crippen molar-refractivity contribution in [2.45, 2.75) is 19.3 Å². The fraction of sp³-hybridized carbons (Fsp3) is 0.429. The lowest BCUT2D eigenvalue weighted by Crippen LogP contribution is -2.41. The minimum atomic E-state index is -0.233. The van der Waals surface area contributed by atoms with Crippen LogP contribution in [0.1, 0.15) is 45.5 Å². The molecule has 0 spiro atoms. The normalized spacial score (nSPS) is 19.2. The van der Waals surface area contributed by atoms with Crippen molar-refractivity contribution in [2.75, 3.05) is 32.7 Å². The largest absolute Gasteiger partial charge is 0.357 e. The second-order valence-corrected chi connectivity index (χ2v) is 7.42.